The van der Waals surface area contributed by atoms with Gasteiger partial charge in [-0.15, -0.1) is 0 Å². The van der Waals surface area contributed by atoms with E-state index in [2.05, 4.69) is 18.7 Å². The molecular formula is C37H46N4O6. The van der Waals surface area contributed by atoms with Gasteiger partial charge in [0.05, 0.1) is 24.5 Å². The lowest BCUT2D eigenvalue weighted by Crippen LogP contribution is -2.55. The van der Waals surface area contributed by atoms with Gasteiger partial charge in [0.25, 0.3) is 5.91 Å². The normalized spacial score (nSPS) is 26.6. The second kappa shape index (κ2) is 13.9. The molecule has 47 heavy (non-hydrogen) atoms. The van der Waals surface area contributed by atoms with Gasteiger partial charge < -0.3 is 34.2 Å². The van der Waals surface area contributed by atoms with E-state index in [1.165, 1.54) is 0 Å². The summed E-state index contributed by atoms with van der Waals surface area (Å²) in [5.41, 5.74) is 1.24. The third-order valence-electron chi connectivity index (χ3n) is 9.97. The van der Waals surface area contributed by atoms with Gasteiger partial charge in [-0.25, -0.2) is 0 Å². The molecule has 4 heterocycles. The van der Waals surface area contributed by atoms with Crippen molar-refractivity contribution in [3.05, 3.63) is 72.8 Å². The molecule has 6 rings (SSSR count). The molecule has 0 bridgehead atoms. The monoisotopic (exact) mass is 642 g/mol. The lowest BCUT2D eigenvalue weighted by atomic mass is 9.77. The second-order valence-electron chi connectivity index (χ2n) is 12.5. The molecular weight excluding hydrogens is 596 g/mol. The maximum Gasteiger partial charge on any atom is 0.253 e. The number of likely N-dealkylation sites (tertiary alicyclic amines) is 1. The minimum Gasteiger partial charge on any atom is -0.494 e. The average Bonchev–Trinajstić information content (AvgIpc) is 3.39. The predicted molar refractivity (Wildman–Crippen MR) is 182 cm³/mol. The van der Waals surface area contributed by atoms with Crippen LogP contribution in [0.25, 0.3) is 0 Å². The summed E-state index contributed by atoms with van der Waals surface area (Å²) in [6.07, 6.45) is 8.89. The van der Waals surface area contributed by atoms with Crippen LogP contribution >= 0.6 is 0 Å². The Morgan fingerprint density at radius 1 is 0.851 bits per heavy atom. The largest absolute Gasteiger partial charge is 0.494 e. The first-order valence-electron chi connectivity index (χ1n) is 17.0. The average molecular weight is 643 g/mol. The van der Waals surface area contributed by atoms with E-state index in [4.69, 9.17) is 9.47 Å². The third-order valence-corrected chi connectivity index (χ3v) is 9.97. The van der Waals surface area contributed by atoms with Crippen LogP contribution in [-0.2, 0) is 19.1 Å². The quantitative estimate of drug-likeness (QED) is 0.274. The van der Waals surface area contributed by atoms with Gasteiger partial charge in [0, 0.05) is 56.4 Å². The first-order valence-corrected chi connectivity index (χ1v) is 17.0. The Bertz CT molecular complexity index is 1500. The van der Waals surface area contributed by atoms with E-state index in [0.29, 0.717) is 51.2 Å². The highest BCUT2D eigenvalue weighted by molar-refractivity contribution is 6.07. The van der Waals surface area contributed by atoms with E-state index >= 15 is 0 Å². The lowest BCUT2D eigenvalue weighted by molar-refractivity contribution is -0.140. The molecule has 0 aromatic heterocycles. The smallest absolute Gasteiger partial charge is 0.253 e. The molecule has 10 nitrogen and oxygen atoms in total. The number of nitrogens with zero attached hydrogens (tertiary/aromatic N) is 4. The highest BCUT2D eigenvalue weighted by Gasteiger charge is 2.71. The first-order chi connectivity index (χ1) is 22.9. The van der Waals surface area contributed by atoms with Crippen LogP contribution in [0.15, 0.2) is 72.8 Å². The van der Waals surface area contributed by atoms with Crippen molar-refractivity contribution in [1.82, 2.24) is 4.90 Å². The molecule has 250 valence electrons. The molecule has 5 atom stereocenters. The predicted octanol–water partition coefficient (Wildman–Crippen LogP) is 4.18. The number of carbonyl (C=O) groups excluding carboxylic acids is 3. The minimum atomic E-state index is -1.29. The number of benzene rings is 2. The maximum atomic E-state index is 14.7. The number of ether oxygens (including phenoxy) is 2. The number of fused-ring (bicyclic) bond motifs is 2. The summed E-state index contributed by atoms with van der Waals surface area (Å²) in [6, 6.07) is 14.4. The third kappa shape index (κ3) is 5.82. The van der Waals surface area contributed by atoms with Crippen LogP contribution in [0.3, 0.4) is 0 Å². The molecule has 4 aliphatic rings. The van der Waals surface area contributed by atoms with E-state index in [1.54, 1.807) is 14.7 Å². The van der Waals surface area contributed by atoms with Crippen LogP contribution in [0.2, 0.25) is 0 Å². The minimum absolute atomic E-state index is 0.0674. The van der Waals surface area contributed by atoms with Gasteiger partial charge >= 0.3 is 0 Å². The van der Waals surface area contributed by atoms with Crippen LogP contribution in [0, 0.1) is 11.8 Å². The van der Waals surface area contributed by atoms with Crippen molar-refractivity contribution in [2.75, 3.05) is 60.6 Å². The second-order valence-corrected chi connectivity index (χ2v) is 12.5. The zero-order valence-corrected chi connectivity index (χ0v) is 27.6. The van der Waals surface area contributed by atoms with Gasteiger partial charge in [-0.1, -0.05) is 24.3 Å². The number of anilines is 3. The van der Waals surface area contributed by atoms with Crippen molar-refractivity contribution in [2.24, 2.45) is 11.8 Å². The Morgan fingerprint density at radius 2 is 1.51 bits per heavy atom. The summed E-state index contributed by atoms with van der Waals surface area (Å²) in [7, 11) is 0. The van der Waals surface area contributed by atoms with Crippen LogP contribution in [0.1, 0.15) is 40.0 Å². The summed E-state index contributed by atoms with van der Waals surface area (Å²) in [5, 5.41) is 9.37. The fourth-order valence-electron chi connectivity index (χ4n) is 7.73. The topological polar surface area (TPSA) is 103 Å². The molecule has 2 saturated heterocycles. The van der Waals surface area contributed by atoms with Crippen molar-refractivity contribution < 1.29 is 29.0 Å². The number of hydrogen-bond donors (Lipinski definition) is 1. The molecule has 2 aromatic rings. The molecule has 1 N–H and O–H groups in total. The number of hydrogen-bond acceptors (Lipinski definition) is 7. The molecule has 0 saturated carbocycles. The summed E-state index contributed by atoms with van der Waals surface area (Å²) in [5.74, 6) is -1.60. The Kier molecular flexibility index (Phi) is 9.70. The number of aliphatic hydroxyl groups excluding tert-OH is 1. The highest BCUT2D eigenvalue weighted by Crippen LogP contribution is 2.54. The van der Waals surface area contributed by atoms with Crippen molar-refractivity contribution in [3.8, 4) is 5.75 Å². The van der Waals surface area contributed by atoms with Gasteiger partial charge in [-0.05, 0) is 88.6 Å². The first kappa shape index (κ1) is 32.8. The van der Waals surface area contributed by atoms with Gasteiger partial charge in [0.2, 0.25) is 11.8 Å². The maximum absolute atomic E-state index is 14.7. The van der Waals surface area contributed by atoms with Crippen molar-refractivity contribution >= 4 is 34.8 Å². The van der Waals surface area contributed by atoms with Gasteiger partial charge in [0.1, 0.15) is 17.4 Å². The van der Waals surface area contributed by atoms with Crippen molar-refractivity contribution in [3.63, 3.8) is 0 Å². The van der Waals surface area contributed by atoms with Crippen LogP contribution in [0.4, 0.5) is 17.1 Å². The van der Waals surface area contributed by atoms with Crippen molar-refractivity contribution in [2.45, 2.75) is 57.8 Å². The molecule has 10 heteroatoms. The molecule has 1 spiro atoms. The Labute approximate surface area is 277 Å². The Hall–Kier alpha value is -4.15. The summed E-state index contributed by atoms with van der Waals surface area (Å²) >= 11 is 0. The highest BCUT2D eigenvalue weighted by atomic mass is 16.5. The van der Waals surface area contributed by atoms with E-state index in [-0.39, 0.29) is 24.3 Å². The van der Waals surface area contributed by atoms with Gasteiger partial charge in [0.15, 0.2) is 0 Å². The van der Waals surface area contributed by atoms with Crippen molar-refractivity contribution in [1.29, 1.82) is 0 Å². The van der Waals surface area contributed by atoms with E-state index in [0.717, 1.165) is 30.2 Å². The Morgan fingerprint density at radius 3 is 2.17 bits per heavy atom. The zero-order chi connectivity index (χ0) is 33.1. The van der Waals surface area contributed by atoms with E-state index in [1.807, 2.05) is 79.8 Å². The van der Waals surface area contributed by atoms with E-state index < -0.39 is 29.6 Å². The molecule has 2 fully saturated rings. The Balaban J connectivity index is 1.35. The molecule has 0 radical (unpaired) electrons. The van der Waals surface area contributed by atoms with Gasteiger partial charge in [-0.3, -0.25) is 14.4 Å². The van der Waals surface area contributed by atoms with Gasteiger partial charge in [-0.2, -0.15) is 0 Å². The molecule has 3 amide bonds. The summed E-state index contributed by atoms with van der Waals surface area (Å²) < 4.78 is 12.4. The SMILES string of the molecule is CCOc1ccc(N2CC=C[C@@H]3O[C@]45C=CCN(c6ccc(N(CC)CC)cc6)C(=O)C4N(CCCCCO)C(=O)[C@@H]5[C@@H]3C2=O)cc1. The van der Waals surface area contributed by atoms with Crippen LogP contribution in [-0.4, -0.2) is 91.4 Å². The fourth-order valence-corrected chi connectivity index (χ4v) is 7.73. The zero-order valence-electron chi connectivity index (χ0n) is 27.6. The summed E-state index contributed by atoms with van der Waals surface area (Å²) in [4.78, 5) is 51.0. The molecule has 2 aromatic carbocycles. The van der Waals surface area contributed by atoms with Crippen LogP contribution in [0.5, 0.6) is 5.75 Å². The number of aliphatic hydroxyl groups is 1. The number of rotatable bonds is 12. The van der Waals surface area contributed by atoms with Crippen LogP contribution < -0.4 is 19.4 Å². The number of amides is 3. The molecule has 1 unspecified atom stereocenters. The molecule has 0 aliphatic carbocycles. The standard InChI is InChI=1S/C37H46N4O6/c1-4-38(5-2)26-13-15-27(16-14-26)40-24-11-21-37-32(35(44)41(33(37)36(40)45)22-8-7-9-25-42)31-30(47-37)12-10-23-39(34(31)43)28-17-19-29(20-18-28)46-6-3/h10-21,30-33,42H,4-9,22-25H2,1-3H3/t30-,31+,32-,33?,37-/m0/s1. The number of carbonyl (C=O) groups is 3. The lowest BCUT2D eigenvalue weighted by Gasteiger charge is -2.35. The number of unbranched alkanes of at least 4 members (excludes halogenated alkanes) is 2. The summed E-state index contributed by atoms with van der Waals surface area (Å²) in [6.45, 7) is 9.51. The fraction of sp³-hybridized carbons (Fsp3) is 0.486. The van der Waals surface area contributed by atoms with E-state index in [9.17, 15) is 19.5 Å². The molecule has 4 aliphatic heterocycles.